The molecule has 0 fully saturated rings. The minimum absolute atomic E-state index is 0.212. The molecule has 0 saturated carbocycles. The van der Waals surface area contributed by atoms with Crippen molar-refractivity contribution in [3.63, 3.8) is 0 Å². The van der Waals surface area contributed by atoms with Crippen molar-refractivity contribution in [2.45, 2.75) is 0 Å². The van der Waals surface area contributed by atoms with Crippen molar-refractivity contribution in [3.05, 3.63) is 64.0 Å². The van der Waals surface area contributed by atoms with Crippen LogP contribution in [0.4, 0.5) is 4.39 Å². The molecule has 0 aliphatic rings. The van der Waals surface area contributed by atoms with E-state index in [-0.39, 0.29) is 11.6 Å². The SMILES string of the molecule is COc1cc(Br)ccc1C(=O)c1c[nH]c2ccc(F)cc12. The van der Waals surface area contributed by atoms with Crippen molar-refractivity contribution >= 4 is 32.6 Å². The van der Waals surface area contributed by atoms with Gasteiger partial charge in [-0.3, -0.25) is 4.79 Å². The predicted octanol–water partition coefficient (Wildman–Crippen LogP) is 4.31. The van der Waals surface area contributed by atoms with E-state index in [4.69, 9.17) is 4.74 Å². The van der Waals surface area contributed by atoms with E-state index < -0.39 is 0 Å². The normalized spacial score (nSPS) is 10.8. The van der Waals surface area contributed by atoms with Crippen LogP contribution >= 0.6 is 15.9 Å². The molecule has 21 heavy (non-hydrogen) atoms. The highest BCUT2D eigenvalue weighted by Crippen LogP contribution is 2.28. The highest BCUT2D eigenvalue weighted by molar-refractivity contribution is 9.10. The Bertz CT molecular complexity index is 841. The number of benzene rings is 2. The maximum absolute atomic E-state index is 13.4. The van der Waals surface area contributed by atoms with Crippen molar-refractivity contribution in [2.75, 3.05) is 7.11 Å². The van der Waals surface area contributed by atoms with Crippen LogP contribution in [0.3, 0.4) is 0 Å². The molecule has 1 N–H and O–H groups in total. The molecule has 3 nitrogen and oxygen atoms in total. The number of halogens is 2. The van der Waals surface area contributed by atoms with E-state index in [1.165, 1.54) is 19.2 Å². The van der Waals surface area contributed by atoms with E-state index in [9.17, 15) is 9.18 Å². The molecule has 1 aromatic heterocycles. The fourth-order valence-electron chi connectivity index (χ4n) is 2.28. The molecular formula is C16H11BrFNO2. The zero-order valence-electron chi connectivity index (χ0n) is 11.1. The first kappa shape index (κ1) is 13.8. The van der Waals surface area contributed by atoms with Crippen LogP contribution in [0.5, 0.6) is 5.75 Å². The highest BCUT2D eigenvalue weighted by atomic mass is 79.9. The summed E-state index contributed by atoms with van der Waals surface area (Å²) >= 11 is 3.34. The van der Waals surface area contributed by atoms with Crippen LogP contribution in [0.25, 0.3) is 10.9 Å². The number of ether oxygens (including phenoxy) is 1. The average Bonchev–Trinajstić information content (AvgIpc) is 2.89. The number of aromatic nitrogens is 1. The summed E-state index contributed by atoms with van der Waals surface area (Å²) in [6, 6.07) is 9.50. The van der Waals surface area contributed by atoms with Crippen LogP contribution in [-0.2, 0) is 0 Å². The van der Waals surface area contributed by atoms with Crippen LogP contribution in [-0.4, -0.2) is 17.9 Å². The van der Waals surface area contributed by atoms with Gasteiger partial charge in [-0.25, -0.2) is 4.39 Å². The zero-order chi connectivity index (χ0) is 15.0. The third kappa shape index (κ3) is 2.45. The van der Waals surface area contributed by atoms with Gasteiger partial charge in [0.25, 0.3) is 0 Å². The Kier molecular flexibility index (Phi) is 3.51. The summed E-state index contributed by atoms with van der Waals surface area (Å²) in [5.41, 5.74) is 1.58. The Hall–Kier alpha value is -2.14. The number of nitrogens with one attached hydrogen (secondary N) is 1. The molecule has 0 aliphatic carbocycles. The maximum Gasteiger partial charge on any atom is 0.198 e. The monoisotopic (exact) mass is 347 g/mol. The van der Waals surface area contributed by atoms with Gasteiger partial charge < -0.3 is 9.72 Å². The van der Waals surface area contributed by atoms with Gasteiger partial charge in [-0.15, -0.1) is 0 Å². The van der Waals surface area contributed by atoms with E-state index in [0.717, 1.165) is 9.99 Å². The van der Waals surface area contributed by atoms with Crippen molar-refractivity contribution in [3.8, 4) is 5.75 Å². The molecule has 106 valence electrons. The summed E-state index contributed by atoms with van der Waals surface area (Å²) in [5.74, 6) is -0.116. The minimum atomic E-state index is -0.376. The van der Waals surface area contributed by atoms with Gasteiger partial charge in [-0.2, -0.15) is 0 Å². The minimum Gasteiger partial charge on any atom is -0.496 e. The fraction of sp³-hybridized carbons (Fsp3) is 0.0625. The highest BCUT2D eigenvalue weighted by Gasteiger charge is 2.18. The third-order valence-corrected chi connectivity index (χ3v) is 3.79. The standard InChI is InChI=1S/C16H11BrFNO2/c1-21-15-6-9(17)2-4-11(15)16(20)13-8-19-14-5-3-10(18)7-12(13)14/h2-8,19H,1H3. The van der Waals surface area contributed by atoms with Gasteiger partial charge in [-0.1, -0.05) is 15.9 Å². The number of H-pyrrole nitrogens is 1. The summed E-state index contributed by atoms with van der Waals surface area (Å²) in [6.45, 7) is 0. The maximum atomic E-state index is 13.4. The lowest BCUT2D eigenvalue weighted by atomic mass is 10.0. The number of hydrogen-bond donors (Lipinski definition) is 1. The Labute approximate surface area is 128 Å². The van der Waals surface area contributed by atoms with Gasteiger partial charge in [0.1, 0.15) is 11.6 Å². The first-order valence-corrected chi connectivity index (χ1v) is 7.04. The number of fused-ring (bicyclic) bond motifs is 1. The van der Waals surface area contributed by atoms with Gasteiger partial charge >= 0.3 is 0 Å². The van der Waals surface area contributed by atoms with E-state index in [2.05, 4.69) is 20.9 Å². The number of carbonyl (C=O) groups is 1. The molecule has 0 unspecified atom stereocenters. The van der Waals surface area contributed by atoms with Crippen LogP contribution in [0, 0.1) is 5.82 Å². The summed E-state index contributed by atoms with van der Waals surface area (Å²) in [4.78, 5) is 15.7. The van der Waals surface area contributed by atoms with E-state index in [1.54, 1.807) is 30.5 Å². The molecule has 0 spiro atoms. The largest absolute Gasteiger partial charge is 0.496 e. The van der Waals surface area contributed by atoms with Crippen LogP contribution < -0.4 is 4.74 Å². The lowest BCUT2D eigenvalue weighted by Gasteiger charge is -2.07. The molecule has 5 heteroatoms. The molecule has 0 aliphatic heterocycles. The van der Waals surface area contributed by atoms with Gasteiger partial charge in [0.05, 0.1) is 12.7 Å². The van der Waals surface area contributed by atoms with Gasteiger partial charge in [-0.05, 0) is 36.4 Å². The Morgan fingerprint density at radius 2 is 2.00 bits per heavy atom. The summed E-state index contributed by atoms with van der Waals surface area (Å²) < 4.78 is 19.5. The third-order valence-electron chi connectivity index (χ3n) is 3.30. The average molecular weight is 348 g/mol. The second-order valence-corrected chi connectivity index (χ2v) is 5.48. The Morgan fingerprint density at radius 3 is 2.76 bits per heavy atom. The van der Waals surface area contributed by atoms with Crippen LogP contribution in [0.1, 0.15) is 15.9 Å². The topological polar surface area (TPSA) is 42.1 Å². The molecule has 0 amide bonds. The lowest BCUT2D eigenvalue weighted by Crippen LogP contribution is -2.03. The summed E-state index contributed by atoms with van der Waals surface area (Å²) in [5, 5.41) is 0.560. The molecule has 0 radical (unpaired) electrons. The first-order valence-electron chi connectivity index (χ1n) is 6.25. The van der Waals surface area contributed by atoms with Crippen molar-refractivity contribution in [1.82, 2.24) is 4.98 Å². The summed E-state index contributed by atoms with van der Waals surface area (Å²) in [6.07, 6.45) is 1.59. The number of rotatable bonds is 3. The number of carbonyl (C=O) groups excluding carboxylic acids is 1. The molecule has 2 aromatic carbocycles. The second kappa shape index (κ2) is 5.33. The number of hydrogen-bond acceptors (Lipinski definition) is 2. The van der Waals surface area contributed by atoms with E-state index in [0.29, 0.717) is 22.3 Å². The van der Waals surface area contributed by atoms with E-state index in [1.807, 2.05) is 0 Å². The van der Waals surface area contributed by atoms with Crippen LogP contribution in [0.15, 0.2) is 47.1 Å². The van der Waals surface area contributed by atoms with Crippen molar-refractivity contribution in [2.24, 2.45) is 0 Å². The summed E-state index contributed by atoms with van der Waals surface area (Å²) in [7, 11) is 1.51. The van der Waals surface area contributed by atoms with Crippen molar-refractivity contribution in [1.29, 1.82) is 0 Å². The molecule has 0 saturated heterocycles. The molecule has 0 bridgehead atoms. The van der Waals surface area contributed by atoms with Crippen molar-refractivity contribution < 1.29 is 13.9 Å². The molecular weight excluding hydrogens is 337 g/mol. The number of ketones is 1. The second-order valence-electron chi connectivity index (χ2n) is 4.57. The number of aromatic amines is 1. The molecule has 0 atom stereocenters. The smallest absolute Gasteiger partial charge is 0.198 e. The Morgan fingerprint density at radius 1 is 1.19 bits per heavy atom. The first-order chi connectivity index (χ1) is 10.1. The molecule has 3 aromatic rings. The quantitative estimate of drug-likeness (QED) is 0.717. The number of methoxy groups -OCH3 is 1. The molecule has 3 rings (SSSR count). The predicted molar refractivity (Wildman–Crippen MR) is 82.4 cm³/mol. The molecule has 1 heterocycles. The van der Waals surface area contributed by atoms with Gasteiger partial charge in [0.2, 0.25) is 0 Å². The fourth-order valence-corrected chi connectivity index (χ4v) is 2.62. The van der Waals surface area contributed by atoms with Gasteiger partial charge in [0.15, 0.2) is 5.78 Å². The Balaban J connectivity index is 2.15. The lowest BCUT2D eigenvalue weighted by molar-refractivity contribution is 0.103. The zero-order valence-corrected chi connectivity index (χ0v) is 12.7. The van der Waals surface area contributed by atoms with Gasteiger partial charge in [0, 0.05) is 27.1 Å². The van der Waals surface area contributed by atoms with E-state index >= 15 is 0 Å². The van der Waals surface area contributed by atoms with Crippen LogP contribution in [0.2, 0.25) is 0 Å².